The average Bonchev–Trinajstić information content (AvgIpc) is 2.15. The van der Waals surface area contributed by atoms with Crippen molar-refractivity contribution < 1.29 is 9.90 Å². The predicted octanol–water partition coefficient (Wildman–Crippen LogP) is 0.318. The van der Waals surface area contributed by atoms with E-state index >= 15 is 0 Å². The molecular formula is C9H12N2O2. The second-order valence-electron chi connectivity index (χ2n) is 2.59. The SMILES string of the molecule is NCNC(C(=O)O)c1ccccc1. The van der Waals surface area contributed by atoms with Gasteiger partial charge in [0.1, 0.15) is 6.04 Å². The van der Waals surface area contributed by atoms with Gasteiger partial charge < -0.3 is 10.8 Å². The summed E-state index contributed by atoms with van der Waals surface area (Å²) in [6.07, 6.45) is 0. The van der Waals surface area contributed by atoms with Crippen molar-refractivity contribution in [2.75, 3.05) is 6.67 Å². The van der Waals surface area contributed by atoms with Crippen molar-refractivity contribution in [2.45, 2.75) is 6.04 Å². The first kappa shape index (κ1) is 9.70. The fraction of sp³-hybridized carbons (Fsp3) is 0.222. The molecule has 0 spiro atoms. The summed E-state index contributed by atoms with van der Waals surface area (Å²) in [7, 11) is 0. The lowest BCUT2D eigenvalue weighted by Crippen LogP contribution is -2.32. The number of hydrogen-bond acceptors (Lipinski definition) is 3. The molecule has 0 heterocycles. The Morgan fingerprint density at radius 2 is 2.08 bits per heavy atom. The van der Waals surface area contributed by atoms with Crippen LogP contribution in [0, 0.1) is 0 Å². The van der Waals surface area contributed by atoms with Gasteiger partial charge >= 0.3 is 5.97 Å². The minimum absolute atomic E-state index is 0.145. The smallest absolute Gasteiger partial charge is 0.325 e. The molecule has 0 aromatic heterocycles. The van der Waals surface area contributed by atoms with Gasteiger partial charge in [0.2, 0.25) is 0 Å². The van der Waals surface area contributed by atoms with Gasteiger partial charge in [-0.1, -0.05) is 30.3 Å². The molecule has 0 aliphatic carbocycles. The average molecular weight is 180 g/mol. The van der Waals surface area contributed by atoms with Crippen LogP contribution in [0.25, 0.3) is 0 Å². The number of carbonyl (C=O) groups is 1. The van der Waals surface area contributed by atoms with Crippen molar-refractivity contribution >= 4 is 5.97 Å². The third-order valence-corrected chi connectivity index (χ3v) is 1.70. The number of hydrogen-bond donors (Lipinski definition) is 3. The summed E-state index contributed by atoms with van der Waals surface area (Å²) >= 11 is 0. The molecule has 4 N–H and O–H groups in total. The second kappa shape index (κ2) is 4.59. The molecule has 4 nitrogen and oxygen atoms in total. The van der Waals surface area contributed by atoms with Crippen LogP contribution in [0.1, 0.15) is 11.6 Å². The molecule has 0 aliphatic heterocycles. The number of rotatable bonds is 4. The third-order valence-electron chi connectivity index (χ3n) is 1.70. The summed E-state index contributed by atoms with van der Waals surface area (Å²) < 4.78 is 0. The van der Waals surface area contributed by atoms with Crippen LogP contribution < -0.4 is 11.1 Å². The van der Waals surface area contributed by atoms with Gasteiger partial charge in [-0.25, -0.2) is 0 Å². The molecule has 1 rings (SSSR count). The zero-order valence-corrected chi connectivity index (χ0v) is 7.10. The summed E-state index contributed by atoms with van der Waals surface area (Å²) in [6, 6.07) is 8.21. The normalized spacial score (nSPS) is 12.4. The van der Waals surface area contributed by atoms with Crippen LogP contribution in [0.2, 0.25) is 0 Å². The largest absolute Gasteiger partial charge is 0.480 e. The second-order valence-corrected chi connectivity index (χ2v) is 2.59. The number of aliphatic carboxylic acids is 1. The van der Waals surface area contributed by atoms with Gasteiger partial charge in [0.25, 0.3) is 0 Å². The lowest BCUT2D eigenvalue weighted by molar-refractivity contribution is -0.139. The number of benzene rings is 1. The van der Waals surface area contributed by atoms with Crippen LogP contribution in [0.3, 0.4) is 0 Å². The lowest BCUT2D eigenvalue weighted by Gasteiger charge is -2.12. The highest BCUT2D eigenvalue weighted by atomic mass is 16.4. The zero-order chi connectivity index (χ0) is 9.68. The van der Waals surface area contributed by atoms with Crippen LogP contribution in [0.5, 0.6) is 0 Å². The van der Waals surface area contributed by atoms with E-state index in [2.05, 4.69) is 5.32 Å². The van der Waals surface area contributed by atoms with Gasteiger partial charge in [-0.3, -0.25) is 10.1 Å². The summed E-state index contributed by atoms with van der Waals surface area (Å²) in [5.74, 6) is -0.920. The minimum Gasteiger partial charge on any atom is -0.480 e. The Kier molecular flexibility index (Phi) is 3.42. The Morgan fingerprint density at radius 1 is 1.46 bits per heavy atom. The summed E-state index contributed by atoms with van der Waals surface area (Å²) in [5, 5.41) is 11.5. The van der Waals surface area contributed by atoms with Crippen molar-refractivity contribution in [3.63, 3.8) is 0 Å². The summed E-state index contributed by atoms with van der Waals surface area (Å²) in [6.45, 7) is 0.145. The van der Waals surface area contributed by atoms with Gasteiger partial charge in [0.05, 0.1) is 0 Å². The van der Waals surface area contributed by atoms with Gasteiger partial charge in [-0.05, 0) is 5.56 Å². The molecule has 4 heteroatoms. The summed E-state index contributed by atoms with van der Waals surface area (Å²) in [4.78, 5) is 10.8. The van der Waals surface area contributed by atoms with Crippen LogP contribution in [-0.2, 0) is 4.79 Å². The van der Waals surface area contributed by atoms with E-state index in [1.54, 1.807) is 24.3 Å². The van der Waals surface area contributed by atoms with Gasteiger partial charge in [-0.2, -0.15) is 0 Å². The maximum absolute atomic E-state index is 10.8. The van der Waals surface area contributed by atoms with E-state index < -0.39 is 12.0 Å². The Morgan fingerprint density at radius 3 is 2.54 bits per heavy atom. The minimum atomic E-state index is -0.920. The maximum Gasteiger partial charge on any atom is 0.325 e. The third kappa shape index (κ3) is 2.54. The molecule has 1 aromatic rings. The molecule has 0 radical (unpaired) electrons. The van der Waals surface area contributed by atoms with E-state index in [4.69, 9.17) is 10.8 Å². The van der Waals surface area contributed by atoms with Gasteiger partial charge in [0.15, 0.2) is 0 Å². The van der Waals surface area contributed by atoms with E-state index in [0.717, 1.165) is 0 Å². The molecule has 0 bridgehead atoms. The number of carboxylic acids is 1. The molecule has 13 heavy (non-hydrogen) atoms. The van der Waals surface area contributed by atoms with Crippen LogP contribution in [-0.4, -0.2) is 17.7 Å². The molecule has 0 amide bonds. The Hall–Kier alpha value is -1.39. The lowest BCUT2D eigenvalue weighted by atomic mass is 10.1. The van der Waals surface area contributed by atoms with Crippen LogP contribution in [0.15, 0.2) is 30.3 Å². The Labute approximate surface area is 76.4 Å². The fourth-order valence-electron chi connectivity index (χ4n) is 1.11. The topological polar surface area (TPSA) is 75.3 Å². The van der Waals surface area contributed by atoms with Crippen molar-refractivity contribution in [1.29, 1.82) is 0 Å². The first-order chi connectivity index (χ1) is 6.25. The zero-order valence-electron chi connectivity index (χ0n) is 7.10. The van der Waals surface area contributed by atoms with E-state index in [9.17, 15) is 4.79 Å². The Bertz CT molecular complexity index is 274. The van der Waals surface area contributed by atoms with E-state index in [-0.39, 0.29) is 6.67 Å². The van der Waals surface area contributed by atoms with E-state index in [0.29, 0.717) is 5.56 Å². The van der Waals surface area contributed by atoms with Crippen LogP contribution >= 0.6 is 0 Å². The van der Waals surface area contributed by atoms with Crippen molar-refractivity contribution in [3.8, 4) is 0 Å². The van der Waals surface area contributed by atoms with E-state index in [1.807, 2.05) is 6.07 Å². The van der Waals surface area contributed by atoms with Crippen molar-refractivity contribution in [2.24, 2.45) is 5.73 Å². The number of carboxylic acid groups (broad SMARTS) is 1. The summed E-state index contributed by atoms with van der Waals surface area (Å²) in [5.41, 5.74) is 5.94. The highest BCUT2D eigenvalue weighted by molar-refractivity contribution is 5.75. The number of nitrogens with two attached hydrogens (primary N) is 1. The Balaban J connectivity index is 2.82. The van der Waals surface area contributed by atoms with Gasteiger partial charge in [0, 0.05) is 6.67 Å². The molecule has 1 aromatic carbocycles. The molecule has 1 unspecified atom stereocenters. The van der Waals surface area contributed by atoms with Crippen molar-refractivity contribution in [1.82, 2.24) is 5.32 Å². The monoisotopic (exact) mass is 180 g/mol. The highest BCUT2D eigenvalue weighted by Crippen LogP contribution is 2.11. The molecular weight excluding hydrogens is 168 g/mol. The van der Waals surface area contributed by atoms with Crippen molar-refractivity contribution in [3.05, 3.63) is 35.9 Å². The first-order valence-corrected chi connectivity index (χ1v) is 3.97. The number of nitrogens with one attached hydrogen (secondary N) is 1. The fourth-order valence-corrected chi connectivity index (χ4v) is 1.11. The maximum atomic E-state index is 10.8. The molecule has 0 fully saturated rings. The first-order valence-electron chi connectivity index (χ1n) is 3.97. The molecule has 70 valence electrons. The molecule has 0 saturated carbocycles. The molecule has 1 atom stereocenters. The molecule has 0 aliphatic rings. The highest BCUT2D eigenvalue weighted by Gasteiger charge is 2.17. The standard InChI is InChI=1S/C9H12N2O2/c10-6-11-8(9(12)13)7-4-2-1-3-5-7/h1-5,8,11H,6,10H2,(H,12,13). The predicted molar refractivity (Wildman–Crippen MR) is 49.0 cm³/mol. The van der Waals surface area contributed by atoms with Crippen LogP contribution in [0.4, 0.5) is 0 Å². The van der Waals surface area contributed by atoms with E-state index in [1.165, 1.54) is 0 Å². The molecule has 0 saturated heterocycles. The quantitative estimate of drug-likeness (QED) is 0.583. The van der Waals surface area contributed by atoms with Gasteiger partial charge in [-0.15, -0.1) is 0 Å².